The van der Waals surface area contributed by atoms with Gasteiger partial charge < -0.3 is 35.4 Å². The van der Waals surface area contributed by atoms with Gasteiger partial charge in [0.05, 0.1) is 13.0 Å². The number of aromatic nitrogens is 2. The molecular weight excluding hydrogens is 474 g/mol. The normalized spacial score (nSPS) is 23.2. The van der Waals surface area contributed by atoms with Crippen LogP contribution >= 0.6 is 0 Å². The van der Waals surface area contributed by atoms with Gasteiger partial charge >= 0.3 is 17.6 Å². The lowest BCUT2D eigenvalue weighted by molar-refractivity contribution is -0.157. The standard InChI is InChI=1S/C19H27N5O11/c1-2-34-17(32)19(20,8-11(27)28)23-10(26)4-3-6-21-15(31)14-12(29)13(30)16(35-14)24-7-5-9(25)22-18(24)33/h5,7,12-14,16,29-30H,2-4,6,8,20H2,1H3,(H,21,31)(H,23,26)(H,27,28)(H,22,25,33)/t12-,13+,14+,16-,19+/m1/s1. The van der Waals surface area contributed by atoms with Gasteiger partial charge in [0, 0.05) is 25.2 Å². The molecule has 0 bridgehead atoms. The first-order chi connectivity index (χ1) is 16.4. The maximum atomic E-state index is 12.4. The molecule has 2 heterocycles. The lowest BCUT2D eigenvalue weighted by Crippen LogP contribution is -2.63. The quantitative estimate of drug-likeness (QED) is 0.0867. The van der Waals surface area contributed by atoms with Crippen LogP contribution in [0.3, 0.4) is 0 Å². The predicted octanol–water partition coefficient (Wildman–Crippen LogP) is -4.14. The summed E-state index contributed by atoms with van der Waals surface area (Å²) >= 11 is 0. The number of H-pyrrole nitrogens is 1. The van der Waals surface area contributed by atoms with Crippen molar-refractivity contribution < 1.29 is 44.0 Å². The number of rotatable bonds is 11. The third-order valence-electron chi connectivity index (χ3n) is 4.93. The van der Waals surface area contributed by atoms with Crippen LogP contribution in [-0.4, -0.2) is 85.8 Å². The van der Waals surface area contributed by atoms with E-state index < -0.39 is 71.6 Å². The second-order valence-corrected chi connectivity index (χ2v) is 7.65. The number of carbonyl (C=O) groups excluding carboxylic acids is 3. The number of aliphatic hydroxyl groups is 2. The fraction of sp³-hybridized carbons (Fsp3) is 0.579. The van der Waals surface area contributed by atoms with E-state index in [4.69, 9.17) is 20.3 Å². The number of nitrogens with two attached hydrogens (primary N) is 1. The number of carboxylic acids is 1. The van der Waals surface area contributed by atoms with E-state index in [0.717, 1.165) is 16.8 Å². The molecule has 2 amide bonds. The monoisotopic (exact) mass is 501 g/mol. The molecule has 1 saturated heterocycles. The highest BCUT2D eigenvalue weighted by atomic mass is 16.6. The summed E-state index contributed by atoms with van der Waals surface area (Å²) in [6.07, 6.45) is -6.45. The van der Waals surface area contributed by atoms with E-state index in [1.165, 1.54) is 6.92 Å². The summed E-state index contributed by atoms with van der Waals surface area (Å²) in [6, 6.07) is 0.997. The van der Waals surface area contributed by atoms with Crippen LogP contribution in [0.15, 0.2) is 21.9 Å². The van der Waals surface area contributed by atoms with Gasteiger partial charge in [0.1, 0.15) is 12.2 Å². The van der Waals surface area contributed by atoms with Gasteiger partial charge in [-0.1, -0.05) is 0 Å². The summed E-state index contributed by atoms with van der Waals surface area (Å²) in [7, 11) is 0. The molecule has 1 fully saturated rings. The number of carbonyl (C=O) groups is 4. The second-order valence-electron chi connectivity index (χ2n) is 7.65. The Kier molecular flexibility index (Phi) is 9.24. The summed E-state index contributed by atoms with van der Waals surface area (Å²) < 4.78 is 10.8. The van der Waals surface area contributed by atoms with Gasteiger partial charge in [-0.05, 0) is 13.3 Å². The molecule has 1 aromatic heterocycles. The fourth-order valence-corrected chi connectivity index (χ4v) is 3.27. The molecule has 35 heavy (non-hydrogen) atoms. The van der Waals surface area contributed by atoms with Crippen LogP contribution in [0, 0.1) is 0 Å². The van der Waals surface area contributed by atoms with Gasteiger partial charge in [0.2, 0.25) is 5.91 Å². The zero-order valence-electron chi connectivity index (χ0n) is 18.6. The third kappa shape index (κ3) is 6.95. The number of ether oxygens (including phenoxy) is 2. The van der Waals surface area contributed by atoms with Crippen molar-refractivity contribution in [1.29, 1.82) is 0 Å². The number of hydrogen-bond donors (Lipinski definition) is 7. The molecule has 0 unspecified atom stereocenters. The number of nitrogens with one attached hydrogen (secondary N) is 3. The third-order valence-corrected chi connectivity index (χ3v) is 4.93. The number of amides is 2. The number of hydrogen-bond acceptors (Lipinski definition) is 11. The number of aromatic amines is 1. The van der Waals surface area contributed by atoms with Crippen molar-refractivity contribution in [3.05, 3.63) is 33.1 Å². The van der Waals surface area contributed by atoms with Crippen molar-refractivity contribution in [3.8, 4) is 0 Å². The Morgan fingerprint density at radius 3 is 2.54 bits per heavy atom. The summed E-state index contributed by atoms with van der Waals surface area (Å²) in [5.74, 6) is -4.18. The summed E-state index contributed by atoms with van der Waals surface area (Å²) in [4.78, 5) is 72.5. The summed E-state index contributed by atoms with van der Waals surface area (Å²) in [5, 5.41) is 33.8. The van der Waals surface area contributed by atoms with E-state index in [1.54, 1.807) is 0 Å². The number of aliphatic carboxylic acids is 1. The Bertz CT molecular complexity index is 1070. The Balaban J connectivity index is 1.88. The fourth-order valence-electron chi connectivity index (χ4n) is 3.27. The maximum Gasteiger partial charge on any atom is 0.347 e. The van der Waals surface area contributed by atoms with Gasteiger partial charge in [-0.2, -0.15) is 0 Å². The minimum Gasteiger partial charge on any atom is -0.481 e. The minimum atomic E-state index is -2.27. The molecule has 5 atom stereocenters. The van der Waals surface area contributed by atoms with E-state index in [0.29, 0.717) is 0 Å². The van der Waals surface area contributed by atoms with Crippen LogP contribution in [0.1, 0.15) is 32.4 Å². The Morgan fingerprint density at radius 2 is 1.94 bits per heavy atom. The summed E-state index contributed by atoms with van der Waals surface area (Å²) in [5.41, 5.74) is 1.84. The Morgan fingerprint density at radius 1 is 1.26 bits per heavy atom. The van der Waals surface area contributed by atoms with Crippen LogP contribution in [0.4, 0.5) is 0 Å². The molecular formula is C19H27N5O11. The largest absolute Gasteiger partial charge is 0.481 e. The van der Waals surface area contributed by atoms with Gasteiger partial charge in [-0.3, -0.25) is 34.5 Å². The van der Waals surface area contributed by atoms with E-state index in [2.05, 4.69) is 10.6 Å². The average Bonchev–Trinajstić information content (AvgIpc) is 3.05. The first-order valence-corrected chi connectivity index (χ1v) is 10.5. The van der Waals surface area contributed by atoms with Crippen molar-refractivity contribution in [2.75, 3.05) is 13.2 Å². The number of nitrogens with zero attached hydrogens (tertiary/aromatic N) is 1. The Hall–Kier alpha value is -3.60. The predicted molar refractivity (Wildman–Crippen MR) is 113 cm³/mol. The SMILES string of the molecule is CCOC(=O)[C@](N)(CC(=O)O)NC(=O)CCCNC(=O)[C@H]1O[C@@H](n2ccc(=O)[nH]c2=O)[C@@H](O)[C@H]1O. The lowest BCUT2D eigenvalue weighted by Gasteiger charge is -2.26. The van der Waals surface area contributed by atoms with E-state index in [1.807, 2.05) is 4.98 Å². The topological polar surface area (TPSA) is 252 Å². The smallest absolute Gasteiger partial charge is 0.347 e. The van der Waals surface area contributed by atoms with Crippen molar-refractivity contribution in [3.63, 3.8) is 0 Å². The van der Waals surface area contributed by atoms with Crippen molar-refractivity contribution >= 4 is 23.8 Å². The highest BCUT2D eigenvalue weighted by Gasteiger charge is 2.47. The molecule has 2 rings (SSSR count). The molecule has 16 heteroatoms. The molecule has 8 N–H and O–H groups in total. The van der Waals surface area contributed by atoms with Crippen molar-refractivity contribution in [2.45, 2.75) is 56.4 Å². The van der Waals surface area contributed by atoms with E-state index >= 15 is 0 Å². The molecule has 1 aliphatic rings. The number of esters is 1. The zero-order chi connectivity index (χ0) is 26.3. The molecule has 0 aliphatic carbocycles. The molecule has 16 nitrogen and oxygen atoms in total. The van der Waals surface area contributed by atoms with Gasteiger partial charge in [-0.25, -0.2) is 9.59 Å². The number of carboxylic acid groups (broad SMARTS) is 1. The molecule has 0 radical (unpaired) electrons. The van der Waals surface area contributed by atoms with Crippen LogP contribution in [0.25, 0.3) is 0 Å². The average molecular weight is 501 g/mol. The number of aliphatic hydroxyl groups excluding tert-OH is 2. The van der Waals surface area contributed by atoms with Crippen LogP contribution < -0.4 is 27.6 Å². The summed E-state index contributed by atoms with van der Waals surface area (Å²) in [6.45, 7) is 1.30. The van der Waals surface area contributed by atoms with E-state index in [-0.39, 0.29) is 26.0 Å². The van der Waals surface area contributed by atoms with Crippen LogP contribution in [0.2, 0.25) is 0 Å². The zero-order valence-corrected chi connectivity index (χ0v) is 18.6. The first-order valence-electron chi connectivity index (χ1n) is 10.5. The highest BCUT2D eigenvalue weighted by molar-refractivity contribution is 5.91. The lowest BCUT2D eigenvalue weighted by atomic mass is 10.1. The second kappa shape index (κ2) is 11.7. The highest BCUT2D eigenvalue weighted by Crippen LogP contribution is 2.28. The molecule has 0 saturated carbocycles. The molecule has 0 aromatic carbocycles. The van der Waals surface area contributed by atoms with Gasteiger partial charge in [0.15, 0.2) is 18.0 Å². The van der Waals surface area contributed by atoms with Gasteiger partial charge in [-0.15, -0.1) is 0 Å². The molecule has 1 aliphatic heterocycles. The van der Waals surface area contributed by atoms with E-state index in [9.17, 15) is 39.0 Å². The Labute approximate surface area is 197 Å². The molecule has 1 aromatic rings. The maximum absolute atomic E-state index is 12.4. The van der Waals surface area contributed by atoms with Crippen molar-refractivity contribution in [1.82, 2.24) is 20.2 Å². The molecule has 194 valence electrons. The van der Waals surface area contributed by atoms with Crippen LogP contribution in [-0.2, 0) is 28.7 Å². The molecule has 0 spiro atoms. The first kappa shape index (κ1) is 27.6. The minimum absolute atomic E-state index is 0.0255. The van der Waals surface area contributed by atoms with Gasteiger partial charge in [0.25, 0.3) is 11.5 Å². The van der Waals surface area contributed by atoms with Crippen LogP contribution in [0.5, 0.6) is 0 Å². The van der Waals surface area contributed by atoms with Crippen molar-refractivity contribution in [2.24, 2.45) is 5.73 Å².